The second-order valence-electron chi connectivity index (χ2n) is 6.27. The highest BCUT2D eigenvalue weighted by atomic mass is 32.2. The van der Waals surface area contributed by atoms with Crippen LogP contribution in [-0.4, -0.2) is 23.6 Å². The van der Waals surface area contributed by atoms with Crippen LogP contribution in [0.4, 0.5) is 5.69 Å². The SMILES string of the molecule is Cc1[nH]c(-c2nnc(C3CC3)o2)c(C)c1S(=O)(=O)Nc1ccccc1. The lowest BCUT2D eigenvalue weighted by molar-refractivity contribution is 0.507. The second-order valence-corrected chi connectivity index (χ2v) is 7.89. The van der Waals surface area contributed by atoms with Gasteiger partial charge in [-0.2, -0.15) is 0 Å². The van der Waals surface area contributed by atoms with E-state index in [4.69, 9.17) is 4.42 Å². The summed E-state index contributed by atoms with van der Waals surface area (Å²) in [6.07, 6.45) is 2.12. The van der Waals surface area contributed by atoms with Crippen LogP contribution in [0.3, 0.4) is 0 Å². The summed E-state index contributed by atoms with van der Waals surface area (Å²) in [5.41, 5.74) is 2.15. The molecule has 25 heavy (non-hydrogen) atoms. The highest BCUT2D eigenvalue weighted by Crippen LogP contribution is 2.40. The van der Waals surface area contributed by atoms with Crippen molar-refractivity contribution in [1.82, 2.24) is 15.2 Å². The molecule has 3 aromatic rings. The molecular weight excluding hydrogens is 340 g/mol. The fraction of sp³-hybridized carbons (Fsp3) is 0.294. The van der Waals surface area contributed by atoms with Crippen molar-refractivity contribution in [2.45, 2.75) is 37.5 Å². The van der Waals surface area contributed by atoms with E-state index in [2.05, 4.69) is 19.9 Å². The summed E-state index contributed by atoms with van der Waals surface area (Å²) in [7, 11) is -3.73. The number of aromatic amines is 1. The molecule has 0 bridgehead atoms. The summed E-state index contributed by atoms with van der Waals surface area (Å²) >= 11 is 0. The lowest BCUT2D eigenvalue weighted by atomic mass is 10.2. The molecular formula is C17H18N4O3S. The Morgan fingerprint density at radius 3 is 2.56 bits per heavy atom. The first-order valence-corrected chi connectivity index (χ1v) is 9.55. The molecule has 0 radical (unpaired) electrons. The molecule has 1 aliphatic rings. The second kappa shape index (κ2) is 5.73. The highest BCUT2D eigenvalue weighted by molar-refractivity contribution is 7.92. The molecule has 0 spiro atoms. The van der Waals surface area contributed by atoms with Crippen LogP contribution in [0, 0.1) is 13.8 Å². The topological polar surface area (TPSA) is 101 Å². The fourth-order valence-corrected chi connectivity index (χ4v) is 4.40. The fourth-order valence-electron chi connectivity index (χ4n) is 2.89. The zero-order valence-corrected chi connectivity index (χ0v) is 14.7. The molecule has 130 valence electrons. The maximum Gasteiger partial charge on any atom is 0.264 e. The van der Waals surface area contributed by atoms with E-state index in [0.29, 0.717) is 40.3 Å². The van der Waals surface area contributed by atoms with E-state index in [1.165, 1.54) is 0 Å². The van der Waals surface area contributed by atoms with Crippen molar-refractivity contribution >= 4 is 15.7 Å². The van der Waals surface area contributed by atoms with E-state index in [0.717, 1.165) is 12.8 Å². The Bertz CT molecular complexity index is 1020. The quantitative estimate of drug-likeness (QED) is 0.728. The van der Waals surface area contributed by atoms with Crippen LogP contribution in [0.1, 0.15) is 35.9 Å². The van der Waals surface area contributed by atoms with Gasteiger partial charge in [-0.25, -0.2) is 8.42 Å². The first-order chi connectivity index (χ1) is 12.0. The summed E-state index contributed by atoms with van der Waals surface area (Å²) < 4.78 is 33.9. The van der Waals surface area contributed by atoms with Gasteiger partial charge in [-0.15, -0.1) is 10.2 Å². The van der Waals surface area contributed by atoms with Gasteiger partial charge < -0.3 is 9.40 Å². The van der Waals surface area contributed by atoms with Crippen molar-refractivity contribution in [3.05, 3.63) is 47.5 Å². The van der Waals surface area contributed by atoms with Crippen LogP contribution < -0.4 is 4.72 Å². The molecule has 0 aliphatic heterocycles. The molecule has 1 aromatic carbocycles. The van der Waals surface area contributed by atoms with Gasteiger partial charge >= 0.3 is 0 Å². The number of benzene rings is 1. The van der Waals surface area contributed by atoms with Gasteiger partial charge in [-0.3, -0.25) is 4.72 Å². The van der Waals surface area contributed by atoms with Crippen molar-refractivity contribution in [2.24, 2.45) is 0 Å². The third-order valence-electron chi connectivity index (χ3n) is 4.24. The molecule has 8 heteroatoms. The standard InChI is InChI=1S/C17H18N4O3S/c1-10-14(17-20-19-16(24-17)12-8-9-12)18-11(2)15(10)25(22,23)21-13-6-4-3-5-7-13/h3-7,12,18,21H,8-9H2,1-2H3. The van der Waals surface area contributed by atoms with Gasteiger partial charge in [0, 0.05) is 22.9 Å². The summed E-state index contributed by atoms with van der Waals surface area (Å²) in [5.74, 6) is 1.29. The first-order valence-electron chi connectivity index (χ1n) is 8.06. The number of anilines is 1. The summed E-state index contributed by atoms with van der Waals surface area (Å²) in [6, 6.07) is 8.79. The number of nitrogens with one attached hydrogen (secondary N) is 2. The Hall–Kier alpha value is -2.61. The molecule has 2 aromatic heterocycles. The smallest absolute Gasteiger partial charge is 0.264 e. The summed E-state index contributed by atoms with van der Waals surface area (Å²) in [6.45, 7) is 3.45. The van der Waals surface area contributed by atoms with E-state index in [1.54, 1.807) is 38.1 Å². The van der Waals surface area contributed by atoms with Gasteiger partial charge in [-0.05, 0) is 38.8 Å². The Labute approximate surface area is 145 Å². The number of hydrogen-bond acceptors (Lipinski definition) is 5. The van der Waals surface area contributed by atoms with E-state index < -0.39 is 10.0 Å². The maximum absolute atomic E-state index is 12.8. The number of H-pyrrole nitrogens is 1. The third kappa shape index (κ3) is 2.93. The predicted molar refractivity (Wildman–Crippen MR) is 92.8 cm³/mol. The highest BCUT2D eigenvalue weighted by Gasteiger charge is 2.31. The first kappa shape index (κ1) is 15.9. The zero-order valence-electron chi connectivity index (χ0n) is 13.9. The van der Waals surface area contributed by atoms with Crippen LogP contribution in [0.5, 0.6) is 0 Å². The van der Waals surface area contributed by atoms with E-state index >= 15 is 0 Å². The molecule has 7 nitrogen and oxygen atoms in total. The molecule has 2 N–H and O–H groups in total. The molecule has 4 rings (SSSR count). The van der Waals surface area contributed by atoms with Gasteiger partial charge in [0.25, 0.3) is 15.9 Å². The number of para-hydroxylation sites is 1. The minimum Gasteiger partial charge on any atom is -0.419 e. The van der Waals surface area contributed by atoms with Crippen LogP contribution in [0.25, 0.3) is 11.6 Å². The van der Waals surface area contributed by atoms with Crippen LogP contribution in [-0.2, 0) is 10.0 Å². The molecule has 2 heterocycles. The van der Waals surface area contributed by atoms with Crippen LogP contribution >= 0.6 is 0 Å². The zero-order chi connectivity index (χ0) is 17.6. The monoisotopic (exact) mass is 358 g/mol. The minimum atomic E-state index is -3.73. The molecule has 0 atom stereocenters. The molecule has 0 saturated heterocycles. The molecule has 0 unspecified atom stereocenters. The normalized spacial score (nSPS) is 14.6. The maximum atomic E-state index is 12.8. The number of hydrogen-bond donors (Lipinski definition) is 2. The number of aryl methyl sites for hydroxylation is 1. The van der Waals surface area contributed by atoms with Crippen molar-refractivity contribution in [3.63, 3.8) is 0 Å². The van der Waals surface area contributed by atoms with Crippen molar-refractivity contribution in [1.29, 1.82) is 0 Å². The lowest BCUT2D eigenvalue weighted by Crippen LogP contribution is -2.14. The minimum absolute atomic E-state index is 0.206. The number of rotatable bonds is 5. The third-order valence-corrected chi connectivity index (χ3v) is 5.90. The van der Waals surface area contributed by atoms with Crippen LogP contribution in [0.2, 0.25) is 0 Å². The van der Waals surface area contributed by atoms with Crippen molar-refractivity contribution in [3.8, 4) is 11.6 Å². The van der Waals surface area contributed by atoms with Crippen molar-refractivity contribution in [2.75, 3.05) is 4.72 Å². The van der Waals surface area contributed by atoms with E-state index in [-0.39, 0.29) is 4.90 Å². The molecule has 1 saturated carbocycles. The number of nitrogens with zero attached hydrogens (tertiary/aromatic N) is 2. The summed E-state index contributed by atoms with van der Waals surface area (Å²) in [4.78, 5) is 3.28. The van der Waals surface area contributed by atoms with Crippen LogP contribution in [0.15, 0.2) is 39.6 Å². The average molecular weight is 358 g/mol. The van der Waals surface area contributed by atoms with Gasteiger partial charge in [-0.1, -0.05) is 18.2 Å². The number of sulfonamides is 1. The predicted octanol–water partition coefficient (Wildman–Crippen LogP) is 3.36. The van der Waals surface area contributed by atoms with Gasteiger partial charge in [0.15, 0.2) is 0 Å². The molecule has 1 aliphatic carbocycles. The van der Waals surface area contributed by atoms with Crippen molar-refractivity contribution < 1.29 is 12.8 Å². The van der Waals surface area contributed by atoms with E-state index in [1.807, 2.05) is 6.07 Å². The van der Waals surface area contributed by atoms with Gasteiger partial charge in [0.2, 0.25) is 5.89 Å². The summed E-state index contributed by atoms with van der Waals surface area (Å²) in [5, 5.41) is 8.13. The number of aromatic nitrogens is 3. The Morgan fingerprint density at radius 1 is 1.16 bits per heavy atom. The lowest BCUT2D eigenvalue weighted by Gasteiger charge is -2.08. The molecule has 0 amide bonds. The van der Waals surface area contributed by atoms with Gasteiger partial charge in [0.1, 0.15) is 10.6 Å². The van der Waals surface area contributed by atoms with E-state index in [9.17, 15) is 8.42 Å². The Kier molecular flexibility index (Phi) is 3.64. The molecule has 1 fully saturated rings. The Balaban J connectivity index is 1.71. The average Bonchev–Trinajstić information content (AvgIpc) is 3.21. The van der Waals surface area contributed by atoms with Gasteiger partial charge in [0.05, 0.1) is 0 Å². The largest absolute Gasteiger partial charge is 0.419 e. The Morgan fingerprint density at radius 2 is 1.88 bits per heavy atom.